The lowest BCUT2D eigenvalue weighted by molar-refractivity contribution is -0.0693. The van der Waals surface area contributed by atoms with Gasteiger partial charge in [0.2, 0.25) is 0 Å². The molecule has 1 N–H and O–H groups in total. The summed E-state index contributed by atoms with van der Waals surface area (Å²) >= 11 is 0. The molecule has 5 heteroatoms. The Labute approximate surface area is 134 Å². The van der Waals surface area contributed by atoms with Crippen molar-refractivity contribution >= 4 is 0 Å². The molecule has 0 amide bonds. The molecule has 22 heavy (non-hydrogen) atoms. The van der Waals surface area contributed by atoms with E-state index in [-0.39, 0.29) is 0 Å². The van der Waals surface area contributed by atoms with E-state index in [0.29, 0.717) is 12.2 Å². The van der Waals surface area contributed by atoms with E-state index < -0.39 is 0 Å². The number of H-pyrrole nitrogens is 1. The van der Waals surface area contributed by atoms with Crippen LogP contribution < -0.4 is 0 Å². The number of nitrogens with one attached hydrogen (secondary N) is 1. The molecule has 2 aliphatic heterocycles. The molecule has 124 valence electrons. The minimum atomic E-state index is 0.389. The van der Waals surface area contributed by atoms with Gasteiger partial charge >= 0.3 is 0 Å². The summed E-state index contributed by atoms with van der Waals surface area (Å²) in [6.45, 7) is 11.3. The number of piperidine rings is 1. The summed E-state index contributed by atoms with van der Waals surface area (Å²) in [5.74, 6) is 0.895. The van der Waals surface area contributed by atoms with Gasteiger partial charge in [-0.05, 0) is 58.7 Å². The Kier molecular flexibility index (Phi) is 5.50. The first-order valence-corrected chi connectivity index (χ1v) is 8.76. The molecular weight excluding hydrogens is 276 g/mol. The van der Waals surface area contributed by atoms with Gasteiger partial charge in [0.1, 0.15) is 0 Å². The predicted molar refractivity (Wildman–Crippen MR) is 87.7 cm³/mol. The second-order valence-electron chi connectivity index (χ2n) is 7.10. The number of morpholine rings is 1. The summed E-state index contributed by atoms with van der Waals surface area (Å²) in [5.41, 5.74) is 1.23. The summed E-state index contributed by atoms with van der Waals surface area (Å²) < 4.78 is 5.82. The molecule has 1 aromatic heterocycles. The van der Waals surface area contributed by atoms with Crippen LogP contribution in [0.2, 0.25) is 0 Å². The fourth-order valence-corrected chi connectivity index (χ4v) is 3.88. The zero-order chi connectivity index (χ0) is 15.4. The van der Waals surface area contributed by atoms with Gasteiger partial charge in [0.25, 0.3) is 0 Å². The van der Waals surface area contributed by atoms with Gasteiger partial charge in [-0.25, -0.2) is 4.98 Å². The monoisotopic (exact) mass is 306 g/mol. The van der Waals surface area contributed by atoms with Crippen LogP contribution in [0.15, 0.2) is 12.5 Å². The average Bonchev–Trinajstić information content (AvgIpc) is 2.98. The van der Waals surface area contributed by atoms with Crippen LogP contribution in [0.1, 0.15) is 38.8 Å². The Balaban J connectivity index is 1.35. The van der Waals surface area contributed by atoms with Crippen molar-refractivity contribution in [3.63, 3.8) is 0 Å². The summed E-state index contributed by atoms with van der Waals surface area (Å²) in [6, 6.07) is 0. The molecule has 0 radical (unpaired) electrons. The van der Waals surface area contributed by atoms with Crippen LogP contribution in [0.4, 0.5) is 0 Å². The molecule has 2 saturated heterocycles. The molecule has 0 unspecified atom stereocenters. The van der Waals surface area contributed by atoms with Crippen LogP contribution in [0.25, 0.3) is 0 Å². The Morgan fingerprint density at radius 1 is 1.18 bits per heavy atom. The summed E-state index contributed by atoms with van der Waals surface area (Å²) in [6.07, 6.45) is 8.50. The van der Waals surface area contributed by atoms with Crippen molar-refractivity contribution in [3.8, 4) is 0 Å². The fraction of sp³-hybridized carbons (Fsp3) is 0.824. The Hall–Kier alpha value is -0.910. The van der Waals surface area contributed by atoms with Crippen molar-refractivity contribution in [3.05, 3.63) is 18.2 Å². The lowest BCUT2D eigenvalue weighted by Gasteiger charge is -2.37. The normalized spacial score (nSPS) is 29.0. The second kappa shape index (κ2) is 7.57. The van der Waals surface area contributed by atoms with E-state index in [4.69, 9.17) is 4.74 Å². The van der Waals surface area contributed by atoms with E-state index in [0.717, 1.165) is 25.6 Å². The summed E-state index contributed by atoms with van der Waals surface area (Å²) in [7, 11) is 0. The molecule has 2 atom stereocenters. The minimum Gasteiger partial charge on any atom is -0.373 e. The molecule has 0 aliphatic carbocycles. The number of hydrogen-bond acceptors (Lipinski definition) is 4. The highest BCUT2D eigenvalue weighted by Gasteiger charge is 2.24. The highest BCUT2D eigenvalue weighted by atomic mass is 16.5. The van der Waals surface area contributed by atoms with Crippen molar-refractivity contribution in [1.29, 1.82) is 0 Å². The summed E-state index contributed by atoms with van der Waals surface area (Å²) in [5, 5.41) is 0. The van der Waals surface area contributed by atoms with Crippen molar-refractivity contribution in [1.82, 2.24) is 19.8 Å². The van der Waals surface area contributed by atoms with Gasteiger partial charge in [-0.1, -0.05) is 0 Å². The molecule has 0 saturated carbocycles. The molecule has 2 fully saturated rings. The number of imidazole rings is 1. The zero-order valence-electron chi connectivity index (χ0n) is 14.0. The van der Waals surface area contributed by atoms with Gasteiger partial charge in [0.15, 0.2) is 0 Å². The van der Waals surface area contributed by atoms with Gasteiger partial charge in [0, 0.05) is 31.5 Å². The molecule has 2 aliphatic rings. The lowest BCUT2D eigenvalue weighted by atomic mass is 9.93. The van der Waals surface area contributed by atoms with E-state index in [2.05, 4.69) is 33.6 Å². The zero-order valence-corrected chi connectivity index (χ0v) is 14.0. The molecule has 0 spiro atoms. The average molecular weight is 306 g/mol. The van der Waals surface area contributed by atoms with Gasteiger partial charge in [-0.15, -0.1) is 0 Å². The molecular formula is C17H30N4O. The maximum Gasteiger partial charge on any atom is 0.0922 e. The van der Waals surface area contributed by atoms with E-state index >= 15 is 0 Å². The van der Waals surface area contributed by atoms with Crippen LogP contribution in [-0.2, 0) is 11.3 Å². The topological polar surface area (TPSA) is 44.4 Å². The van der Waals surface area contributed by atoms with E-state index in [1.165, 1.54) is 44.6 Å². The van der Waals surface area contributed by atoms with Gasteiger partial charge in [-0.3, -0.25) is 9.80 Å². The maximum atomic E-state index is 5.82. The number of likely N-dealkylation sites (tertiary alicyclic amines) is 1. The predicted octanol–water partition coefficient (Wildman–Crippen LogP) is 2.12. The standard InChI is InChI=1S/C17H30N4O/c1-14-10-21(11-15(2)22-14)8-5-16-3-6-20(7-4-16)12-17-9-18-13-19-17/h9,13-16H,3-8,10-12H2,1-2H3,(H,18,19)/t14-,15+. The van der Waals surface area contributed by atoms with Crippen LogP contribution in [0.5, 0.6) is 0 Å². The van der Waals surface area contributed by atoms with Crippen LogP contribution in [0.3, 0.4) is 0 Å². The SMILES string of the molecule is C[C@@H]1CN(CCC2CCN(Cc3cnc[nH]3)CC2)C[C@H](C)O1. The highest BCUT2D eigenvalue weighted by Crippen LogP contribution is 2.22. The van der Waals surface area contributed by atoms with E-state index in [9.17, 15) is 0 Å². The van der Waals surface area contributed by atoms with Crippen molar-refractivity contribution in [2.24, 2.45) is 5.92 Å². The van der Waals surface area contributed by atoms with Crippen LogP contribution in [-0.4, -0.2) is 64.7 Å². The Bertz CT molecular complexity index is 418. The number of aromatic nitrogens is 2. The third-order valence-corrected chi connectivity index (χ3v) is 5.00. The molecule has 0 bridgehead atoms. The minimum absolute atomic E-state index is 0.389. The maximum absolute atomic E-state index is 5.82. The van der Waals surface area contributed by atoms with Gasteiger partial charge in [0.05, 0.1) is 18.5 Å². The first kappa shape index (κ1) is 16.0. The molecule has 1 aromatic rings. The molecule has 5 nitrogen and oxygen atoms in total. The van der Waals surface area contributed by atoms with Crippen molar-refractivity contribution < 1.29 is 4.74 Å². The van der Waals surface area contributed by atoms with E-state index in [1.807, 2.05) is 6.20 Å². The lowest BCUT2D eigenvalue weighted by Crippen LogP contribution is -2.46. The van der Waals surface area contributed by atoms with Gasteiger partial charge < -0.3 is 9.72 Å². The molecule has 0 aromatic carbocycles. The molecule has 3 heterocycles. The summed E-state index contributed by atoms with van der Waals surface area (Å²) in [4.78, 5) is 12.4. The van der Waals surface area contributed by atoms with Crippen LogP contribution >= 0.6 is 0 Å². The van der Waals surface area contributed by atoms with Crippen LogP contribution in [0, 0.1) is 5.92 Å². The molecule has 3 rings (SSSR count). The third kappa shape index (κ3) is 4.54. The number of hydrogen-bond donors (Lipinski definition) is 1. The second-order valence-corrected chi connectivity index (χ2v) is 7.10. The Morgan fingerprint density at radius 2 is 1.91 bits per heavy atom. The first-order valence-electron chi connectivity index (χ1n) is 8.76. The first-order chi connectivity index (χ1) is 10.7. The van der Waals surface area contributed by atoms with Crippen molar-refractivity contribution in [2.45, 2.75) is 51.9 Å². The third-order valence-electron chi connectivity index (χ3n) is 5.00. The highest BCUT2D eigenvalue weighted by molar-refractivity contribution is 4.94. The van der Waals surface area contributed by atoms with Gasteiger partial charge in [-0.2, -0.15) is 0 Å². The quantitative estimate of drug-likeness (QED) is 0.905. The Morgan fingerprint density at radius 3 is 2.55 bits per heavy atom. The number of rotatable bonds is 5. The largest absolute Gasteiger partial charge is 0.373 e. The number of aromatic amines is 1. The van der Waals surface area contributed by atoms with Crippen molar-refractivity contribution in [2.75, 3.05) is 32.7 Å². The fourth-order valence-electron chi connectivity index (χ4n) is 3.88. The number of ether oxygens (including phenoxy) is 1. The van der Waals surface area contributed by atoms with E-state index in [1.54, 1.807) is 6.33 Å². The smallest absolute Gasteiger partial charge is 0.0922 e. The number of nitrogens with zero attached hydrogens (tertiary/aromatic N) is 3.